The molecule has 0 bridgehead atoms. The number of ether oxygens (including phenoxy) is 1. The van der Waals surface area contributed by atoms with Crippen molar-refractivity contribution in [1.82, 2.24) is 14.6 Å². The molecule has 2 rings (SSSR count). The number of hydrogen-bond donors (Lipinski definition) is 1. The first-order valence-corrected chi connectivity index (χ1v) is 9.64. The molecule has 2 aromatic rings. The molecule has 140 valence electrons. The molecule has 0 fully saturated rings. The third kappa shape index (κ3) is 5.03. The summed E-state index contributed by atoms with van der Waals surface area (Å²) >= 11 is 0. The second-order valence-electron chi connectivity index (χ2n) is 5.76. The molecule has 8 heteroatoms. The SMILES string of the molecule is CCOc1ccc(S(=O)(=O)N(C)CC(=O)NCc2cccnc2)cc1C. The van der Waals surface area contributed by atoms with Crippen LogP contribution in [-0.4, -0.2) is 43.8 Å². The van der Waals surface area contributed by atoms with Crippen LogP contribution in [0.5, 0.6) is 5.75 Å². The van der Waals surface area contributed by atoms with E-state index in [4.69, 9.17) is 4.74 Å². The molecular formula is C18H23N3O4S. The normalized spacial score (nSPS) is 11.4. The van der Waals surface area contributed by atoms with Crippen molar-refractivity contribution in [3.63, 3.8) is 0 Å². The lowest BCUT2D eigenvalue weighted by Gasteiger charge is -2.18. The highest BCUT2D eigenvalue weighted by molar-refractivity contribution is 7.89. The fraction of sp³-hybridized carbons (Fsp3) is 0.333. The largest absolute Gasteiger partial charge is 0.494 e. The highest BCUT2D eigenvalue weighted by Crippen LogP contribution is 2.23. The van der Waals surface area contributed by atoms with Crippen LogP contribution in [0.25, 0.3) is 0 Å². The first-order valence-electron chi connectivity index (χ1n) is 8.20. The van der Waals surface area contributed by atoms with Crippen LogP contribution in [0.4, 0.5) is 0 Å². The van der Waals surface area contributed by atoms with Crippen LogP contribution in [0.1, 0.15) is 18.1 Å². The predicted octanol–water partition coefficient (Wildman–Crippen LogP) is 1.73. The smallest absolute Gasteiger partial charge is 0.243 e. The first kappa shape index (κ1) is 19.9. The Hall–Kier alpha value is -2.45. The van der Waals surface area contributed by atoms with Gasteiger partial charge in [-0.2, -0.15) is 4.31 Å². The van der Waals surface area contributed by atoms with Crippen molar-refractivity contribution in [2.45, 2.75) is 25.3 Å². The van der Waals surface area contributed by atoms with E-state index in [9.17, 15) is 13.2 Å². The fourth-order valence-corrected chi connectivity index (χ4v) is 3.54. The molecule has 0 saturated heterocycles. The molecule has 26 heavy (non-hydrogen) atoms. The number of carbonyl (C=O) groups excluding carboxylic acids is 1. The van der Waals surface area contributed by atoms with Gasteiger partial charge in [-0.1, -0.05) is 6.07 Å². The predicted molar refractivity (Wildman–Crippen MR) is 98.2 cm³/mol. The summed E-state index contributed by atoms with van der Waals surface area (Å²) in [6.45, 7) is 4.17. The summed E-state index contributed by atoms with van der Waals surface area (Å²) in [6.07, 6.45) is 3.29. The standard InChI is InChI=1S/C18H23N3O4S/c1-4-25-17-8-7-16(10-14(17)2)26(23,24)21(3)13-18(22)20-12-15-6-5-9-19-11-15/h5-11H,4,12-13H2,1-3H3,(H,20,22). The Labute approximate surface area is 154 Å². The van der Waals surface area contributed by atoms with Crippen molar-refractivity contribution < 1.29 is 17.9 Å². The lowest BCUT2D eigenvalue weighted by molar-refractivity contribution is -0.121. The van der Waals surface area contributed by atoms with Gasteiger partial charge in [-0.05, 0) is 49.2 Å². The minimum absolute atomic E-state index is 0.126. The number of sulfonamides is 1. The van der Waals surface area contributed by atoms with Crippen molar-refractivity contribution >= 4 is 15.9 Å². The summed E-state index contributed by atoms with van der Waals surface area (Å²) in [7, 11) is -2.39. The van der Waals surface area contributed by atoms with E-state index in [1.165, 1.54) is 13.1 Å². The zero-order chi connectivity index (χ0) is 19.2. The zero-order valence-electron chi connectivity index (χ0n) is 15.1. The monoisotopic (exact) mass is 377 g/mol. The van der Waals surface area contributed by atoms with Gasteiger partial charge < -0.3 is 10.1 Å². The molecule has 1 N–H and O–H groups in total. The van der Waals surface area contributed by atoms with Gasteiger partial charge in [0.05, 0.1) is 18.0 Å². The van der Waals surface area contributed by atoms with E-state index < -0.39 is 10.0 Å². The number of rotatable bonds is 8. The van der Waals surface area contributed by atoms with E-state index >= 15 is 0 Å². The maximum atomic E-state index is 12.7. The summed E-state index contributed by atoms with van der Waals surface area (Å²) in [5.74, 6) is 0.255. The van der Waals surface area contributed by atoms with Crippen LogP contribution in [0.2, 0.25) is 0 Å². The number of carbonyl (C=O) groups is 1. The number of benzene rings is 1. The summed E-state index contributed by atoms with van der Waals surface area (Å²) in [4.78, 5) is 16.1. The second-order valence-corrected chi connectivity index (χ2v) is 7.80. The average Bonchev–Trinajstić information content (AvgIpc) is 2.62. The molecule has 1 amide bonds. The highest BCUT2D eigenvalue weighted by atomic mass is 32.2. The van der Waals surface area contributed by atoms with Gasteiger partial charge in [-0.3, -0.25) is 9.78 Å². The summed E-state index contributed by atoms with van der Waals surface area (Å²) < 4.78 is 31.8. The van der Waals surface area contributed by atoms with Crippen LogP contribution < -0.4 is 10.1 Å². The molecule has 0 saturated carbocycles. The van der Waals surface area contributed by atoms with Crippen molar-refractivity contribution in [3.05, 3.63) is 53.9 Å². The van der Waals surface area contributed by atoms with Gasteiger partial charge in [0.25, 0.3) is 0 Å². The lowest BCUT2D eigenvalue weighted by Crippen LogP contribution is -2.38. The number of likely N-dealkylation sites (N-methyl/N-ethyl adjacent to an activating group) is 1. The number of nitrogens with zero attached hydrogens (tertiary/aromatic N) is 2. The highest BCUT2D eigenvalue weighted by Gasteiger charge is 2.23. The molecule has 0 unspecified atom stereocenters. The Kier molecular flexibility index (Phi) is 6.70. The van der Waals surface area contributed by atoms with Gasteiger partial charge in [-0.25, -0.2) is 8.42 Å². The van der Waals surface area contributed by atoms with Crippen molar-refractivity contribution in [3.8, 4) is 5.75 Å². The summed E-state index contributed by atoms with van der Waals surface area (Å²) in [5.41, 5.74) is 1.57. The Morgan fingerprint density at radius 2 is 2.08 bits per heavy atom. The summed E-state index contributed by atoms with van der Waals surface area (Å²) in [6, 6.07) is 8.26. The molecule has 0 aliphatic carbocycles. The molecule has 1 aromatic heterocycles. The number of pyridine rings is 1. The first-order chi connectivity index (χ1) is 12.3. The fourth-order valence-electron chi connectivity index (χ4n) is 2.33. The van der Waals surface area contributed by atoms with Crippen LogP contribution in [-0.2, 0) is 21.4 Å². The van der Waals surface area contributed by atoms with Crippen molar-refractivity contribution in [2.75, 3.05) is 20.2 Å². The molecule has 1 heterocycles. The molecule has 0 spiro atoms. The van der Waals surface area contributed by atoms with Crippen molar-refractivity contribution in [2.24, 2.45) is 0 Å². The Morgan fingerprint density at radius 3 is 2.69 bits per heavy atom. The van der Waals surface area contributed by atoms with Crippen LogP contribution >= 0.6 is 0 Å². The minimum atomic E-state index is -3.77. The van der Waals surface area contributed by atoms with Gasteiger partial charge in [0.2, 0.25) is 15.9 Å². The van der Waals surface area contributed by atoms with E-state index in [-0.39, 0.29) is 17.3 Å². The Balaban J connectivity index is 2.01. The van der Waals surface area contributed by atoms with Gasteiger partial charge in [-0.15, -0.1) is 0 Å². The second kappa shape index (κ2) is 8.77. The number of amides is 1. The number of hydrogen-bond acceptors (Lipinski definition) is 5. The lowest BCUT2D eigenvalue weighted by atomic mass is 10.2. The number of aryl methyl sites for hydroxylation is 1. The maximum absolute atomic E-state index is 12.7. The molecule has 7 nitrogen and oxygen atoms in total. The van der Waals surface area contributed by atoms with Gasteiger partial charge >= 0.3 is 0 Å². The van der Waals surface area contributed by atoms with E-state index in [0.29, 0.717) is 18.9 Å². The molecule has 0 atom stereocenters. The molecule has 0 radical (unpaired) electrons. The molecule has 1 aromatic carbocycles. The van der Waals surface area contributed by atoms with E-state index in [2.05, 4.69) is 10.3 Å². The number of nitrogens with one attached hydrogen (secondary N) is 1. The topological polar surface area (TPSA) is 88.6 Å². The zero-order valence-corrected chi connectivity index (χ0v) is 15.9. The third-order valence-electron chi connectivity index (χ3n) is 3.73. The summed E-state index contributed by atoms with van der Waals surface area (Å²) in [5, 5.41) is 2.69. The van der Waals surface area contributed by atoms with Crippen LogP contribution in [0, 0.1) is 6.92 Å². The van der Waals surface area contributed by atoms with Crippen molar-refractivity contribution in [1.29, 1.82) is 0 Å². The molecular weight excluding hydrogens is 354 g/mol. The van der Waals surface area contributed by atoms with Gasteiger partial charge in [0.15, 0.2) is 0 Å². The van der Waals surface area contributed by atoms with Gasteiger partial charge in [0.1, 0.15) is 5.75 Å². The van der Waals surface area contributed by atoms with E-state index in [1.54, 1.807) is 37.5 Å². The minimum Gasteiger partial charge on any atom is -0.494 e. The number of aromatic nitrogens is 1. The Bertz CT molecular complexity index is 854. The van der Waals surface area contributed by atoms with E-state index in [0.717, 1.165) is 15.4 Å². The van der Waals surface area contributed by atoms with Gasteiger partial charge in [0, 0.05) is 26.0 Å². The third-order valence-corrected chi connectivity index (χ3v) is 5.53. The maximum Gasteiger partial charge on any atom is 0.243 e. The molecule has 0 aliphatic heterocycles. The van der Waals surface area contributed by atoms with Crippen LogP contribution in [0.3, 0.4) is 0 Å². The Morgan fingerprint density at radius 1 is 1.31 bits per heavy atom. The molecule has 0 aliphatic rings. The average molecular weight is 377 g/mol. The van der Waals surface area contributed by atoms with E-state index in [1.807, 2.05) is 13.0 Å². The quantitative estimate of drug-likeness (QED) is 0.757. The van der Waals surface area contributed by atoms with Crippen LogP contribution in [0.15, 0.2) is 47.6 Å².